The number of alkyl carbamates (subject to hydrolysis) is 1. The molecule has 1 aromatic rings. The van der Waals surface area contributed by atoms with Crippen LogP contribution >= 0.6 is 0 Å². The molecule has 4 N–H and O–H groups in total. The van der Waals surface area contributed by atoms with Gasteiger partial charge in [-0.2, -0.15) is 0 Å². The molecular formula is C14H17N3O4. The van der Waals surface area contributed by atoms with Gasteiger partial charge in [0, 0.05) is 6.20 Å². The molecule has 0 saturated heterocycles. The van der Waals surface area contributed by atoms with Gasteiger partial charge in [0.15, 0.2) is 0 Å². The van der Waals surface area contributed by atoms with Crippen molar-refractivity contribution in [2.75, 3.05) is 12.3 Å². The van der Waals surface area contributed by atoms with E-state index in [-0.39, 0.29) is 17.9 Å². The Labute approximate surface area is 122 Å². The molecule has 0 atom stereocenters. The highest BCUT2D eigenvalue weighted by Gasteiger charge is 2.15. The molecule has 0 aromatic carbocycles. The molecule has 112 valence electrons. The zero-order chi connectivity index (χ0) is 16.0. The van der Waals surface area contributed by atoms with Crippen LogP contribution in [-0.2, 0) is 4.74 Å². The van der Waals surface area contributed by atoms with Crippen LogP contribution in [0.2, 0.25) is 0 Å². The number of aromatic carboxylic acids is 1. The number of rotatable bonds is 2. The molecule has 0 saturated carbocycles. The molecule has 1 rings (SSSR count). The van der Waals surface area contributed by atoms with E-state index in [1.54, 1.807) is 20.8 Å². The third-order valence-electron chi connectivity index (χ3n) is 2.11. The number of anilines is 1. The number of hydrogen-bond acceptors (Lipinski definition) is 5. The Morgan fingerprint density at radius 2 is 2.14 bits per heavy atom. The van der Waals surface area contributed by atoms with Crippen LogP contribution in [0.15, 0.2) is 12.3 Å². The highest BCUT2D eigenvalue weighted by molar-refractivity contribution is 5.88. The number of ether oxygens (including phenoxy) is 1. The fourth-order valence-corrected chi connectivity index (χ4v) is 1.26. The minimum atomic E-state index is -1.11. The number of aromatic nitrogens is 1. The summed E-state index contributed by atoms with van der Waals surface area (Å²) in [4.78, 5) is 25.9. The number of carbonyl (C=O) groups is 2. The van der Waals surface area contributed by atoms with Crippen LogP contribution in [0.3, 0.4) is 0 Å². The minimum absolute atomic E-state index is 0.00592. The van der Waals surface area contributed by atoms with E-state index in [0.717, 1.165) is 6.20 Å². The first kappa shape index (κ1) is 16.3. The number of hydrogen-bond donors (Lipinski definition) is 3. The maximum Gasteiger partial charge on any atom is 0.408 e. The number of nitrogens with two attached hydrogens (primary N) is 1. The van der Waals surface area contributed by atoms with Gasteiger partial charge in [0.2, 0.25) is 0 Å². The molecule has 0 aliphatic heterocycles. The fourth-order valence-electron chi connectivity index (χ4n) is 1.26. The number of pyridine rings is 1. The lowest BCUT2D eigenvalue weighted by Gasteiger charge is -2.19. The second-order valence-corrected chi connectivity index (χ2v) is 5.12. The van der Waals surface area contributed by atoms with E-state index >= 15 is 0 Å². The Bertz CT molecular complexity index is 609. The second-order valence-electron chi connectivity index (χ2n) is 5.12. The molecule has 1 heterocycles. The maximum atomic E-state index is 11.4. The largest absolute Gasteiger partial charge is 0.478 e. The number of nitrogens with one attached hydrogen (secondary N) is 1. The maximum absolute atomic E-state index is 11.4. The summed E-state index contributed by atoms with van der Waals surface area (Å²) in [6.45, 7) is 5.30. The van der Waals surface area contributed by atoms with Gasteiger partial charge < -0.3 is 20.9 Å². The smallest absolute Gasteiger partial charge is 0.408 e. The van der Waals surface area contributed by atoms with E-state index in [0.29, 0.717) is 5.56 Å². The highest BCUT2D eigenvalue weighted by Crippen LogP contribution is 2.09. The molecule has 0 spiro atoms. The van der Waals surface area contributed by atoms with Crippen LogP contribution < -0.4 is 11.1 Å². The molecular weight excluding hydrogens is 274 g/mol. The van der Waals surface area contributed by atoms with Crippen molar-refractivity contribution in [3.8, 4) is 11.8 Å². The van der Waals surface area contributed by atoms with Gasteiger partial charge in [-0.3, -0.25) is 0 Å². The van der Waals surface area contributed by atoms with E-state index in [9.17, 15) is 9.59 Å². The molecule has 0 aliphatic rings. The molecule has 7 nitrogen and oxygen atoms in total. The van der Waals surface area contributed by atoms with Gasteiger partial charge in [-0.25, -0.2) is 14.6 Å². The summed E-state index contributed by atoms with van der Waals surface area (Å²) < 4.78 is 5.03. The summed E-state index contributed by atoms with van der Waals surface area (Å²) in [5.41, 5.74) is 5.30. The molecule has 0 radical (unpaired) electrons. The van der Waals surface area contributed by atoms with Crippen LogP contribution in [0.1, 0.15) is 36.7 Å². The molecule has 0 bridgehead atoms. The summed E-state index contributed by atoms with van der Waals surface area (Å²) in [7, 11) is 0. The SMILES string of the molecule is CC(C)(C)OC(=O)NCC#Cc1cc(C(=O)O)cnc1N. The fraction of sp³-hybridized carbons (Fsp3) is 0.357. The summed E-state index contributed by atoms with van der Waals surface area (Å²) in [5, 5.41) is 11.3. The number of nitrogens with zero attached hydrogens (tertiary/aromatic N) is 1. The molecule has 7 heteroatoms. The standard InChI is InChI=1S/C14H17N3O4/c1-14(2,3)21-13(20)16-6-4-5-9-7-10(12(18)19)8-17-11(9)15/h7-8H,6H2,1-3H3,(H2,15,17)(H,16,20)(H,18,19). The summed E-state index contributed by atoms with van der Waals surface area (Å²) in [5.74, 6) is 4.32. The Hall–Kier alpha value is -2.75. The lowest BCUT2D eigenvalue weighted by atomic mass is 10.2. The number of nitrogen functional groups attached to an aromatic ring is 1. The van der Waals surface area contributed by atoms with Crippen molar-refractivity contribution in [3.63, 3.8) is 0 Å². The van der Waals surface area contributed by atoms with Crippen LogP contribution in [0.4, 0.5) is 10.6 Å². The van der Waals surface area contributed by atoms with E-state index in [4.69, 9.17) is 15.6 Å². The van der Waals surface area contributed by atoms with Crippen molar-refractivity contribution in [1.29, 1.82) is 0 Å². The Kier molecular flexibility index (Phi) is 5.13. The highest BCUT2D eigenvalue weighted by atomic mass is 16.6. The number of carboxylic acid groups (broad SMARTS) is 1. The predicted octanol–water partition coefficient (Wildman–Crippen LogP) is 1.24. The summed E-state index contributed by atoms with van der Waals surface area (Å²) >= 11 is 0. The first-order valence-electron chi connectivity index (χ1n) is 6.13. The van der Waals surface area contributed by atoms with Crippen molar-refractivity contribution < 1.29 is 19.4 Å². The van der Waals surface area contributed by atoms with Crippen molar-refractivity contribution in [2.45, 2.75) is 26.4 Å². The van der Waals surface area contributed by atoms with Gasteiger partial charge in [0.25, 0.3) is 0 Å². The van der Waals surface area contributed by atoms with E-state index in [2.05, 4.69) is 22.1 Å². The van der Waals surface area contributed by atoms with Gasteiger partial charge in [-0.1, -0.05) is 11.8 Å². The molecule has 0 unspecified atom stereocenters. The average molecular weight is 291 g/mol. The zero-order valence-electron chi connectivity index (χ0n) is 12.1. The van der Waals surface area contributed by atoms with Crippen LogP contribution in [0.25, 0.3) is 0 Å². The van der Waals surface area contributed by atoms with Gasteiger partial charge in [-0.05, 0) is 26.8 Å². The summed E-state index contributed by atoms with van der Waals surface area (Å²) in [6, 6.07) is 1.32. The first-order chi connectivity index (χ1) is 9.69. The minimum Gasteiger partial charge on any atom is -0.478 e. The molecule has 1 amide bonds. The summed E-state index contributed by atoms with van der Waals surface area (Å²) in [6.07, 6.45) is 0.573. The second kappa shape index (κ2) is 6.61. The molecule has 1 aromatic heterocycles. The van der Waals surface area contributed by atoms with Crippen molar-refractivity contribution in [1.82, 2.24) is 10.3 Å². The molecule has 21 heavy (non-hydrogen) atoms. The van der Waals surface area contributed by atoms with Crippen LogP contribution in [0, 0.1) is 11.8 Å². The van der Waals surface area contributed by atoms with Crippen molar-refractivity contribution >= 4 is 17.9 Å². The Morgan fingerprint density at radius 3 is 2.71 bits per heavy atom. The number of carboxylic acids is 1. The molecule has 0 fully saturated rings. The topological polar surface area (TPSA) is 115 Å². The van der Waals surface area contributed by atoms with Gasteiger partial charge >= 0.3 is 12.1 Å². The number of carbonyl (C=O) groups excluding carboxylic acids is 1. The van der Waals surface area contributed by atoms with Gasteiger partial charge in [-0.15, -0.1) is 0 Å². The number of amides is 1. The Balaban J connectivity index is 2.65. The lowest BCUT2D eigenvalue weighted by Crippen LogP contribution is -2.32. The Morgan fingerprint density at radius 1 is 1.48 bits per heavy atom. The van der Waals surface area contributed by atoms with E-state index in [1.165, 1.54) is 6.07 Å². The monoisotopic (exact) mass is 291 g/mol. The molecule has 0 aliphatic carbocycles. The van der Waals surface area contributed by atoms with Crippen LogP contribution in [-0.4, -0.2) is 34.3 Å². The predicted molar refractivity (Wildman–Crippen MR) is 76.7 cm³/mol. The van der Waals surface area contributed by atoms with Crippen molar-refractivity contribution in [3.05, 3.63) is 23.4 Å². The average Bonchev–Trinajstić information content (AvgIpc) is 2.34. The van der Waals surface area contributed by atoms with Gasteiger partial charge in [0.1, 0.15) is 11.4 Å². The third-order valence-corrected chi connectivity index (χ3v) is 2.11. The third kappa shape index (κ3) is 5.82. The lowest BCUT2D eigenvalue weighted by molar-refractivity contribution is 0.0534. The van der Waals surface area contributed by atoms with E-state index < -0.39 is 17.7 Å². The van der Waals surface area contributed by atoms with Gasteiger partial charge in [0.05, 0.1) is 17.7 Å². The van der Waals surface area contributed by atoms with E-state index in [1.807, 2.05) is 0 Å². The zero-order valence-corrected chi connectivity index (χ0v) is 12.1. The quantitative estimate of drug-likeness (QED) is 0.706. The first-order valence-corrected chi connectivity index (χ1v) is 6.13. The van der Waals surface area contributed by atoms with Crippen LogP contribution in [0.5, 0.6) is 0 Å². The van der Waals surface area contributed by atoms with Crippen molar-refractivity contribution in [2.24, 2.45) is 0 Å². The normalized spacial score (nSPS) is 10.2.